The molecule has 4 heteroatoms. The monoisotopic (exact) mass is 338 g/mol. The summed E-state index contributed by atoms with van der Waals surface area (Å²) in [5.74, 6) is 0.681. The number of hydrogen-bond acceptors (Lipinski definition) is 3. The van der Waals surface area contributed by atoms with Crippen molar-refractivity contribution in [3.8, 4) is 5.75 Å². The van der Waals surface area contributed by atoms with Crippen LogP contribution in [-0.2, 0) is 0 Å². The molecule has 2 aromatic rings. The minimum absolute atomic E-state index is 0.0454. The smallest absolute Gasteiger partial charge is 0.257 e. The first-order valence-corrected chi connectivity index (χ1v) is 8.84. The average molecular weight is 338 g/mol. The zero-order chi connectivity index (χ0) is 17.8. The van der Waals surface area contributed by atoms with Crippen molar-refractivity contribution in [1.82, 2.24) is 4.90 Å². The highest BCUT2D eigenvalue weighted by molar-refractivity contribution is 5.97. The Labute approximate surface area is 149 Å². The molecule has 4 nitrogen and oxygen atoms in total. The van der Waals surface area contributed by atoms with Crippen LogP contribution in [0.15, 0.2) is 42.5 Å². The summed E-state index contributed by atoms with van der Waals surface area (Å²) in [6.07, 6.45) is 2.08. The van der Waals surface area contributed by atoms with E-state index in [-0.39, 0.29) is 11.9 Å². The molecule has 1 aliphatic rings. The second-order valence-electron chi connectivity index (χ2n) is 6.73. The van der Waals surface area contributed by atoms with Crippen molar-refractivity contribution in [2.24, 2.45) is 0 Å². The van der Waals surface area contributed by atoms with Gasteiger partial charge in [0.2, 0.25) is 0 Å². The Hall–Kier alpha value is -2.49. The van der Waals surface area contributed by atoms with Crippen LogP contribution in [0.2, 0.25) is 0 Å². The third-order valence-corrected chi connectivity index (χ3v) is 4.92. The Balaban J connectivity index is 1.70. The van der Waals surface area contributed by atoms with E-state index in [0.717, 1.165) is 25.1 Å². The van der Waals surface area contributed by atoms with Crippen molar-refractivity contribution in [3.05, 3.63) is 59.2 Å². The molecule has 1 N–H and O–H groups in total. The largest absolute Gasteiger partial charge is 0.496 e. The summed E-state index contributed by atoms with van der Waals surface area (Å²) in [6, 6.07) is 14.1. The Kier molecular flexibility index (Phi) is 5.27. The molecule has 0 radical (unpaired) electrons. The van der Waals surface area contributed by atoms with Gasteiger partial charge in [-0.1, -0.05) is 18.2 Å². The molecule has 1 aliphatic heterocycles. The Morgan fingerprint density at radius 3 is 2.72 bits per heavy atom. The van der Waals surface area contributed by atoms with Crippen LogP contribution >= 0.6 is 0 Å². The maximum atomic E-state index is 12.9. The van der Waals surface area contributed by atoms with Crippen LogP contribution in [0, 0.1) is 13.8 Å². The van der Waals surface area contributed by atoms with Crippen molar-refractivity contribution >= 4 is 11.6 Å². The molecule has 132 valence electrons. The molecule has 0 bridgehead atoms. The lowest BCUT2D eigenvalue weighted by atomic mass is 10.0. The number of piperidine rings is 1. The van der Waals surface area contributed by atoms with E-state index in [0.29, 0.717) is 17.9 Å². The van der Waals surface area contributed by atoms with Crippen LogP contribution in [0.3, 0.4) is 0 Å². The van der Waals surface area contributed by atoms with Crippen LogP contribution in [0.25, 0.3) is 0 Å². The first-order chi connectivity index (χ1) is 12.1. The van der Waals surface area contributed by atoms with Gasteiger partial charge in [-0.3, -0.25) is 4.79 Å². The number of benzene rings is 2. The van der Waals surface area contributed by atoms with Crippen LogP contribution in [0.4, 0.5) is 5.69 Å². The van der Waals surface area contributed by atoms with E-state index in [4.69, 9.17) is 4.74 Å². The summed E-state index contributed by atoms with van der Waals surface area (Å²) in [5.41, 5.74) is 4.33. The number of ether oxygens (including phenoxy) is 1. The van der Waals surface area contributed by atoms with E-state index in [1.807, 2.05) is 29.2 Å². The third-order valence-electron chi connectivity index (χ3n) is 4.92. The van der Waals surface area contributed by atoms with E-state index < -0.39 is 0 Å². The first kappa shape index (κ1) is 17.3. The van der Waals surface area contributed by atoms with Gasteiger partial charge in [-0.05, 0) is 62.1 Å². The minimum atomic E-state index is 0.0454. The van der Waals surface area contributed by atoms with Crippen molar-refractivity contribution in [1.29, 1.82) is 0 Å². The van der Waals surface area contributed by atoms with Gasteiger partial charge in [0.25, 0.3) is 5.91 Å². The van der Waals surface area contributed by atoms with Crippen molar-refractivity contribution in [2.45, 2.75) is 32.7 Å². The van der Waals surface area contributed by atoms with E-state index in [2.05, 4.69) is 37.4 Å². The van der Waals surface area contributed by atoms with Crippen LogP contribution in [-0.4, -0.2) is 37.0 Å². The molecule has 2 aromatic carbocycles. The molecule has 25 heavy (non-hydrogen) atoms. The maximum Gasteiger partial charge on any atom is 0.257 e. The van der Waals surface area contributed by atoms with E-state index in [1.165, 1.54) is 11.1 Å². The fraction of sp³-hybridized carbons (Fsp3) is 0.381. The van der Waals surface area contributed by atoms with Gasteiger partial charge in [0.15, 0.2) is 0 Å². The van der Waals surface area contributed by atoms with Gasteiger partial charge in [0, 0.05) is 24.8 Å². The Bertz CT molecular complexity index is 757. The summed E-state index contributed by atoms with van der Waals surface area (Å²) in [5, 5.41) is 3.59. The highest BCUT2D eigenvalue weighted by Gasteiger charge is 2.26. The number of amides is 1. The predicted octanol–water partition coefficient (Wildman–Crippen LogP) is 4.03. The van der Waals surface area contributed by atoms with Crippen molar-refractivity contribution in [2.75, 3.05) is 25.5 Å². The molecule has 1 fully saturated rings. The maximum absolute atomic E-state index is 12.9. The summed E-state index contributed by atoms with van der Waals surface area (Å²) in [4.78, 5) is 14.8. The lowest BCUT2D eigenvalue weighted by Gasteiger charge is -2.34. The topological polar surface area (TPSA) is 41.6 Å². The minimum Gasteiger partial charge on any atom is -0.496 e. The zero-order valence-electron chi connectivity index (χ0n) is 15.2. The number of methoxy groups -OCH3 is 1. The number of nitrogens with zero attached hydrogens (tertiary/aromatic N) is 1. The molecule has 1 saturated heterocycles. The van der Waals surface area contributed by atoms with Gasteiger partial charge in [-0.25, -0.2) is 0 Å². The molecular formula is C21H26N2O2. The number of carbonyl (C=O) groups is 1. The normalized spacial score (nSPS) is 17.2. The fourth-order valence-corrected chi connectivity index (χ4v) is 3.34. The number of hydrogen-bond donors (Lipinski definition) is 1. The second-order valence-corrected chi connectivity index (χ2v) is 6.73. The van der Waals surface area contributed by atoms with Crippen LogP contribution in [0.1, 0.15) is 34.3 Å². The second kappa shape index (κ2) is 7.60. The SMILES string of the molecule is COc1ccccc1C(=O)N1CCC[C@H](Nc2ccc(C)c(C)c2)C1. The van der Waals surface area contributed by atoms with Gasteiger partial charge in [0.1, 0.15) is 5.75 Å². The van der Waals surface area contributed by atoms with Gasteiger partial charge in [-0.2, -0.15) is 0 Å². The van der Waals surface area contributed by atoms with E-state index >= 15 is 0 Å². The van der Waals surface area contributed by atoms with Crippen LogP contribution in [0.5, 0.6) is 5.75 Å². The van der Waals surface area contributed by atoms with Gasteiger partial charge < -0.3 is 15.0 Å². The number of aryl methyl sites for hydroxylation is 2. The Morgan fingerprint density at radius 2 is 1.96 bits per heavy atom. The van der Waals surface area contributed by atoms with Gasteiger partial charge in [-0.15, -0.1) is 0 Å². The zero-order valence-corrected chi connectivity index (χ0v) is 15.2. The van der Waals surface area contributed by atoms with Crippen molar-refractivity contribution in [3.63, 3.8) is 0 Å². The number of anilines is 1. The summed E-state index contributed by atoms with van der Waals surface area (Å²) in [7, 11) is 1.60. The number of para-hydroxylation sites is 1. The predicted molar refractivity (Wildman–Crippen MR) is 101 cm³/mol. The van der Waals surface area contributed by atoms with Crippen LogP contribution < -0.4 is 10.1 Å². The summed E-state index contributed by atoms with van der Waals surface area (Å²) in [6.45, 7) is 5.75. The average Bonchev–Trinajstić information content (AvgIpc) is 2.64. The third kappa shape index (κ3) is 3.95. The number of nitrogens with one attached hydrogen (secondary N) is 1. The summed E-state index contributed by atoms with van der Waals surface area (Å²) < 4.78 is 5.34. The molecule has 0 aromatic heterocycles. The van der Waals surface area contributed by atoms with E-state index in [9.17, 15) is 4.79 Å². The number of rotatable bonds is 4. The van der Waals surface area contributed by atoms with Gasteiger partial charge in [0.05, 0.1) is 12.7 Å². The van der Waals surface area contributed by atoms with Gasteiger partial charge >= 0.3 is 0 Å². The standard InChI is InChI=1S/C21H26N2O2/c1-15-10-11-17(13-16(15)2)22-18-7-6-12-23(14-18)21(24)19-8-4-5-9-20(19)25-3/h4-5,8-11,13,18,22H,6-7,12,14H2,1-3H3/t18-/m0/s1. The molecule has 0 aliphatic carbocycles. The molecule has 0 unspecified atom stereocenters. The molecule has 0 spiro atoms. The highest BCUT2D eigenvalue weighted by Crippen LogP contribution is 2.23. The lowest BCUT2D eigenvalue weighted by Crippen LogP contribution is -2.45. The number of carbonyl (C=O) groups excluding carboxylic acids is 1. The van der Waals surface area contributed by atoms with Crippen molar-refractivity contribution < 1.29 is 9.53 Å². The quantitative estimate of drug-likeness (QED) is 0.915. The Morgan fingerprint density at radius 1 is 1.16 bits per heavy atom. The number of likely N-dealkylation sites (tertiary alicyclic amines) is 1. The fourth-order valence-electron chi connectivity index (χ4n) is 3.34. The molecule has 0 saturated carbocycles. The van der Waals surface area contributed by atoms with E-state index in [1.54, 1.807) is 7.11 Å². The molecular weight excluding hydrogens is 312 g/mol. The molecule has 1 heterocycles. The lowest BCUT2D eigenvalue weighted by molar-refractivity contribution is 0.0711. The molecule has 1 atom stereocenters. The molecule has 1 amide bonds. The molecule has 3 rings (SSSR count). The summed E-state index contributed by atoms with van der Waals surface area (Å²) >= 11 is 0. The highest BCUT2D eigenvalue weighted by atomic mass is 16.5. The first-order valence-electron chi connectivity index (χ1n) is 8.84.